The van der Waals surface area contributed by atoms with E-state index in [-0.39, 0.29) is 10.7 Å². The van der Waals surface area contributed by atoms with E-state index in [4.69, 9.17) is 16.6 Å². The number of nitrogens with zero attached hydrogens (tertiary/aromatic N) is 3. The third kappa shape index (κ3) is 4.80. The maximum atomic E-state index is 13.8. The number of alkyl halides is 3. The van der Waals surface area contributed by atoms with Crippen molar-refractivity contribution in [3.8, 4) is 33.6 Å². The highest BCUT2D eigenvalue weighted by Crippen LogP contribution is 2.37. The van der Waals surface area contributed by atoms with Gasteiger partial charge in [-0.1, -0.05) is 35.9 Å². The third-order valence-corrected chi connectivity index (χ3v) is 6.77. The Morgan fingerprint density at radius 2 is 1.64 bits per heavy atom. The Balaban J connectivity index is 1.58. The first-order valence-corrected chi connectivity index (χ1v) is 12.0. The summed E-state index contributed by atoms with van der Waals surface area (Å²) >= 11 is 6.03. The Morgan fingerprint density at radius 3 is 2.31 bits per heavy atom. The molecule has 0 radical (unpaired) electrons. The summed E-state index contributed by atoms with van der Waals surface area (Å²) in [6, 6.07) is 17.8. The highest BCUT2D eigenvalue weighted by atomic mass is 35.5. The Labute approximate surface area is 211 Å². The van der Waals surface area contributed by atoms with Gasteiger partial charge in [-0.15, -0.1) is 0 Å². The Morgan fingerprint density at radius 1 is 0.917 bits per heavy atom. The van der Waals surface area contributed by atoms with Crippen LogP contribution in [0.3, 0.4) is 0 Å². The van der Waals surface area contributed by atoms with Gasteiger partial charge in [0.25, 0.3) is 0 Å². The second kappa shape index (κ2) is 9.54. The van der Waals surface area contributed by atoms with Crippen LogP contribution in [0.1, 0.15) is 25.3 Å². The van der Waals surface area contributed by atoms with E-state index in [2.05, 4.69) is 16.8 Å². The van der Waals surface area contributed by atoms with Crippen molar-refractivity contribution in [2.24, 2.45) is 0 Å². The first-order valence-electron chi connectivity index (χ1n) is 11.6. The van der Waals surface area contributed by atoms with Gasteiger partial charge < -0.3 is 4.90 Å². The molecule has 1 fully saturated rings. The van der Waals surface area contributed by atoms with Gasteiger partial charge >= 0.3 is 6.18 Å². The van der Waals surface area contributed by atoms with Crippen LogP contribution in [-0.4, -0.2) is 22.6 Å². The summed E-state index contributed by atoms with van der Waals surface area (Å²) in [5.74, 6) is 0.286. The minimum absolute atomic E-state index is 0.0102. The van der Waals surface area contributed by atoms with Crippen LogP contribution in [0.25, 0.3) is 33.6 Å². The first kappa shape index (κ1) is 24.3. The van der Waals surface area contributed by atoms with Crippen molar-refractivity contribution < 1.29 is 17.6 Å². The fraction of sp³-hybridized carbons (Fsp3) is 0.214. The fourth-order valence-corrected chi connectivity index (χ4v) is 4.77. The van der Waals surface area contributed by atoms with Gasteiger partial charge in [0.2, 0.25) is 0 Å². The maximum absolute atomic E-state index is 13.8. The highest BCUT2D eigenvalue weighted by Gasteiger charge is 2.34. The first-order chi connectivity index (χ1) is 17.2. The van der Waals surface area contributed by atoms with Crippen LogP contribution < -0.4 is 4.90 Å². The van der Waals surface area contributed by atoms with Crippen molar-refractivity contribution in [2.45, 2.75) is 32.0 Å². The molecule has 0 amide bonds. The lowest BCUT2D eigenvalue weighted by Gasteiger charge is -2.24. The van der Waals surface area contributed by atoms with Crippen LogP contribution in [0.4, 0.5) is 23.4 Å². The molecule has 2 aromatic heterocycles. The average molecular weight is 512 g/mol. The van der Waals surface area contributed by atoms with Crippen LogP contribution in [0.2, 0.25) is 5.02 Å². The molecule has 1 aliphatic rings. The molecule has 8 heteroatoms. The molecule has 1 unspecified atom stereocenters. The van der Waals surface area contributed by atoms with E-state index in [1.807, 2.05) is 12.1 Å². The molecule has 0 spiro atoms. The van der Waals surface area contributed by atoms with Crippen molar-refractivity contribution in [1.82, 2.24) is 9.97 Å². The number of rotatable bonds is 4. The zero-order valence-corrected chi connectivity index (χ0v) is 20.1. The molecule has 1 saturated heterocycles. The Hall–Kier alpha value is -3.45. The molecule has 36 heavy (non-hydrogen) atoms. The minimum Gasteiger partial charge on any atom is -0.354 e. The molecule has 3 nitrogen and oxygen atoms in total. The van der Waals surface area contributed by atoms with E-state index < -0.39 is 17.6 Å². The predicted molar refractivity (Wildman–Crippen MR) is 134 cm³/mol. The monoisotopic (exact) mass is 511 g/mol. The van der Waals surface area contributed by atoms with E-state index in [0.29, 0.717) is 22.9 Å². The van der Waals surface area contributed by atoms with Gasteiger partial charge in [0.1, 0.15) is 11.6 Å². The zero-order chi connectivity index (χ0) is 25.4. The lowest BCUT2D eigenvalue weighted by atomic mass is 9.99. The third-order valence-electron chi connectivity index (χ3n) is 6.48. The average Bonchev–Trinajstić information content (AvgIpc) is 3.31. The van der Waals surface area contributed by atoms with Crippen molar-refractivity contribution in [1.29, 1.82) is 0 Å². The van der Waals surface area contributed by atoms with Gasteiger partial charge in [-0.2, -0.15) is 13.2 Å². The quantitative estimate of drug-likeness (QED) is 0.258. The van der Waals surface area contributed by atoms with Crippen molar-refractivity contribution in [2.75, 3.05) is 11.4 Å². The predicted octanol–water partition coefficient (Wildman–Crippen LogP) is 8.28. The van der Waals surface area contributed by atoms with E-state index in [1.54, 1.807) is 36.4 Å². The largest absolute Gasteiger partial charge is 0.418 e. The fourth-order valence-electron chi connectivity index (χ4n) is 4.59. The number of anilines is 1. The van der Waals surface area contributed by atoms with Crippen molar-refractivity contribution in [3.63, 3.8) is 0 Å². The number of benzene rings is 2. The molecule has 0 bridgehead atoms. The summed E-state index contributed by atoms with van der Waals surface area (Å²) in [4.78, 5) is 11.1. The summed E-state index contributed by atoms with van der Waals surface area (Å²) in [6.45, 7) is 3.02. The van der Waals surface area contributed by atoms with E-state index in [0.717, 1.165) is 42.4 Å². The summed E-state index contributed by atoms with van der Waals surface area (Å²) in [5.41, 5.74) is 2.46. The van der Waals surface area contributed by atoms with Crippen LogP contribution in [0, 0.1) is 5.82 Å². The van der Waals surface area contributed by atoms with Gasteiger partial charge in [0.15, 0.2) is 0 Å². The van der Waals surface area contributed by atoms with Gasteiger partial charge in [-0.25, -0.2) is 9.37 Å². The number of hydrogen-bond acceptors (Lipinski definition) is 3. The molecular weight excluding hydrogens is 490 g/mol. The molecule has 184 valence electrons. The Bertz CT molecular complexity index is 1400. The number of hydrogen-bond donors (Lipinski definition) is 0. The normalized spacial score (nSPS) is 15.9. The van der Waals surface area contributed by atoms with Gasteiger partial charge in [-0.3, -0.25) is 4.98 Å². The van der Waals surface area contributed by atoms with E-state index >= 15 is 0 Å². The Kier molecular flexibility index (Phi) is 6.43. The molecule has 0 saturated carbocycles. The van der Waals surface area contributed by atoms with E-state index in [1.165, 1.54) is 18.3 Å². The summed E-state index contributed by atoms with van der Waals surface area (Å²) in [6.07, 6.45) is -1.03. The molecular formula is C28H22ClF4N3. The SMILES string of the molecule is CC1CCCN1c1cc(-c2ccc(-c3ncccc3C(F)(F)F)cc2)cc(-c2ccc(F)c(Cl)c2)n1. The smallest absolute Gasteiger partial charge is 0.354 e. The second-order valence-electron chi connectivity index (χ2n) is 8.89. The highest BCUT2D eigenvalue weighted by molar-refractivity contribution is 6.31. The molecule has 0 aliphatic carbocycles. The lowest BCUT2D eigenvalue weighted by molar-refractivity contribution is -0.137. The zero-order valence-electron chi connectivity index (χ0n) is 19.4. The van der Waals surface area contributed by atoms with Gasteiger partial charge in [0.05, 0.1) is 22.0 Å². The molecule has 4 aromatic rings. The van der Waals surface area contributed by atoms with Crippen LogP contribution >= 0.6 is 11.6 Å². The van der Waals surface area contributed by atoms with E-state index in [9.17, 15) is 17.6 Å². The molecule has 3 heterocycles. The number of pyridine rings is 2. The summed E-state index contributed by atoms with van der Waals surface area (Å²) < 4.78 is 54.2. The molecule has 1 atom stereocenters. The molecule has 5 rings (SSSR count). The number of aromatic nitrogens is 2. The summed E-state index contributed by atoms with van der Waals surface area (Å²) in [5, 5.41) is 0.0102. The molecule has 0 N–H and O–H groups in total. The van der Waals surface area contributed by atoms with Crippen LogP contribution in [0.5, 0.6) is 0 Å². The minimum atomic E-state index is -4.50. The lowest BCUT2D eigenvalue weighted by Crippen LogP contribution is -2.27. The summed E-state index contributed by atoms with van der Waals surface area (Å²) in [7, 11) is 0. The van der Waals surface area contributed by atoms with Crippen LogP contribution in [-0.2, 0) is 6.18 Å². The standard InChI is InChI=1S/C28H22ClF4N3/c1-17-4-3-13-36(17)26-16-21(15-25(35-26)20-10-11-24(30)23(29)14-20)18-6-8-19(9-7-18)27-22(28(31,32)33)5-2-12-34-27/h2,5-12,14-17H,3-4,13H2,1H3. The van der Waals surface area contributed by atoms with Crippen molar-refractivity contribution in [3.05, 3.63) is 89.3 Å². The maximum Gasteiger partial charge on any atom is 0.418 e. The van der Waals surface area contributed by atoms with Gasteiger partial charge in [-0.05, 0) is 73.4 Å². The molecule has 2 aromatic carbocycles. The number of halogens is 5. The van der Waals surface area contributed by atoms with Gasteiger partial charge in [0, 0.05) is 29.9 Å². The second-order valence-corrected chi connectivity index (χ2v) is 9.29. The molecule has 1 aliphatic heterocycles. The topological polar surface area (TPSA) is 29.0 Å². The van der Waals surface area contributed by atoms with Crippen molar-refractivity contribution >= 4 is 17.4 Å². The van der Waals surface area contributed by atoms with Crippen LogP contribution in [0.15, 0.2) is 72.9 Å².